The zero-order valence-electron chi connectivity index (χ0n) is 15.3. The van der Waals surface area contributed by atoms with Crippen molar-refractivity contribution in [2.24, 2.45) is 22.5 Å². The average molecular weight is 363 g/mol. The number of nitrogens with one attached hydrogen (secondary N) is 1. The molecule has 0 aromatic heterocycles. The van der Waals surface area contributed by atoms with E-state index in [2.05, 4.69) is 17.5 Å². The predicted octanol–water partition coefficient (Wildman–Crippen LogP) is 1.93. The molecule has 0 radical (unpaired) electrons. The maximum Gasteiger partial charge on any atom is 0.244 e. The number of carbonyl (C=O) groups is 1. The maximum atomic E-state index is 12.8. The van der Waals surface area contributed by atoms with Crippen LogP contribution in [0, 0.1) is 50.7 Å². The summed E-state index contributed by atoms with van der Waals surface area (Å²) in [5.74, 6) is -1.04. The third-order valence-corrected chi connectivity index (χ3v) is 6.11. The molecule has 27 heavy (non-hydrogen) atoms. The van der Waals surface area contributed by atoms with Crippen LogP contribution in [0.3, 0.4) is 0 Å². The van der Waals surface area contributed by atoms with Crippen molar-refractivity contribution in [1.29, 1.82) is 15.8 Å². The second-order valence-electron chi connectivity index (χ2n) is 7.37. The molecule has 1 amide bonds. The standard InChI is InChI=1S/C20H21N5O2/c1-3-4-15-16(13-5-7-14(27-2)8-6-13)19(11-22,12-23)18(10-21)9-20(15,24)25-17(18)26/h5-8,15-16H,3-4,9,24H2,1-2H3,(H,25,26)/t15-,16+,18-,20-/m1/s1. The monoisotopic (exact) mass is 363 g/mol. The molecule has 1 saturated carbocycles. The van der Waals surface area contributed by atoms with Gasteiger partial charge in [-0.05, 0) is 24.1 Å². The Labute approximate surface area is 158 Å². The number of amides is 1. The lowest BCUT2D eigenvalue weighted by atomic mass is 9.47. The van der Waals surface area contributed by atoms with Gasteiger partial charge in [-0.25, -0.2) is 0 Å². The van der Waals surface area contributed by atoms with Gasteiger partial charge in [-0.1, -0.05) is 25.5 Å². The molecule has 1 aliphatic heterocycles. The van der Waals surface area contributed by atoms with Crippen molar-refractivity contribution in [1.82, 2.24) is 5.32 Å². The number of hydrogen-bond donors (Lipinski definition) is 2. The maximum absolute atomic E-state index is 12.8. The van der Waals surface area contributed by atoms with Crippen molar-refractivity contribution in [2.45, 2.75) is 37.8 Å². The first-order chi connectivity index (χ1) is 12.9. The van der Waals surface area contributed by atoms with Crippen LogP contribution in [-0.4, -0.2) is 18.7 Å². The molecule has 1 aromatic rings. The molecule has 138 valence electrons. The molecule has 2 aliphatic rings. The Morgan fingerprint density at radius 3 is 2.33 bits per heavy atom. The fourth-order valence-corrected chi connectivity index (χ4v) is 4.85. The van der Waals surface area contributed by atoms with E-state index in [1.807, 2.05) is 13.0 Å². The lowest BCUT2D eigenvalue weighted by Gasteiger charge is -2.50. The highest BCUT2D eigenvalue weighted by atomic mass is 16.5. The summed E-state index contributed by atoms with van der Waals surface area (Å²) in [7, 11) is 1.55. The lowest BCUT2D eigenvalue weighted by Crippen LogP contribution is -2.62. The number of rotatable bonds is 4. The van der Waals surface area contributed by atoms with Crippen LogP contribution in [0.4, 0.5) is 0 Å². The van der Waals surface area contributed by atoms with Gasteiger partial charge in [0, 0.05) is 18.3 Å². The van der Waals surface area contributed by atoms with E-state index < -0.39 is 28.3 Å². The Balaban J connectivity index is 2.31. The van der Waals surface area contributed by atoms with Crippen LogP contribution in [0.1, 0.15) is 37.7 Å². The van der Waals surface area contributed by atoms with E-state index in [1.165, 1.54) is 0 Å². The van der Waals surface area contributed by atoms with Gasteiger partial charge in [-0.3, -0.25) is 4.79 Å². The van der Waals surface area contributed by atoms with E-state index in [-0.39, 0.29) is 12.3 Å². The summed E-state index contributed by atoms with van der Waals surface area (Å²) in [5.41, 5.74) is 2.49. The van der Waals surface area contributed by atoms with Gasteiger partial charge in [0.1, 0.15) is 5.75 Å². The third kappa shape index (κ3) is 2.24. The number of ether oxygens (including phenoxy) is 1. The summed E-state index contributed by atoms with van der Waals surface area (Å²) in [4.78, 5) is 12.8. The van der Waals surface area contributed by atoms with Crippen molar-refractivity contribution in [3.05, 3.63) is 29.8 Å². The van der Waals surface area contributed by atoms with E-state index in [9.17, 15) is 20.6 Å². The number of hydrogen-bond acceptors (Lipinski definition) is 6. The summed E-state index contributed by atoms with van der Waals surface area (Å²) < 4.78 is 5.19. The second kappa shape index (κ2) is 6.27. The molecule has 3 N–H and O–H groups in total. The fourth-order valence-electron chi connectivity index (χ4n) is 4.85. The Bertz CT molecular complexity index is 877. The van der Waals surface area contributed by atoms with E-state index >= 15 is 0 Å². The van der Waals surface area contributed by atoms with E-state index in [0.717, 1.165) is 6.42 Å². The minimum atomic E-state index is -1.83. The largest absolute Gasteiger partial charge is 0.497 e. The minimum Gasteiger partial charge on any atom is -0.497 e. The zero-order chi connectivity index (χ0) is 19.9. The molecule has 2 bridgehead atoms. The lowest BCUT2D eigenvalue weighted by molar-refractivity contribution is -0.128. The molecule has 4 atom stereocenters. The molecule has 3 rings (SSSR count). The SMILES string of the molecule is CCC[C@@H]1[C@H](c2ccc(OC)cc2)C(C#N)(C#N)[C@@]2(C#N)C[C@@]1(N)NC2=O. The molecule has 1 aliphatic carbocycles. The molecule has 1 saturated heterocycles. The van der Waals surface area contributed by atoms with Crippen molar-refractivity contribution >= 4 is 5.91 Å². The molecule has 0 unspecified atom stereocenters. The van der Waals surface area contributed by atoms with Crippen LogP contribution in [0.25, 0.3) is 0 Å². The number of nitrogens with two attached hydrogens (primary N) is 1. The van der Waals surface area contributed by atoms with Gasteiger partial charge in [-0.2, -0.15) is 15.8 Å². The summed E-state index contributed by atoms with van der Waals surface area (Å²) in [6.07, 6.45) is 1.33. The highest BCUT2D eigenvalue weighted by Crippen LogP contribution is 2.64. The van der Waals surface area contributed by atoms with E-state index in [4.69, 9.17) is 10.5 Å². The summed E-state index contributed by atoms with van der Waals surface area (Å²) in [5, 5.41) is 32.9. The molecule has 0 spiro atoms. The topological polar surface area (TPSA) is 136 Å². The second-order valence-corrected chi connectivity index (χ2v) is 7.37. The van der Waals surface area contributed by atoms with E-state index in [1.54, 1.807) is 31.4 Å². The number of nitriles is 3. The average Bonchev–Trinajstić information content (AvgIpc) is 2.94. The van der Waals surface area contributed by atoms with E-state index in [0.29, 0.717) is 17.7 Å². The molecular weight excluding hydrogens is 342 g/mol. The quantitative estimate of drug-likeness (QED) is 0.839. The first-order valence-electron chi connectivity index (χ1n) is 8.87. The van der Waals surface area contributed by atoms with Crippen LogP contribution in [0.15, 0.2) is 24.3 Å². The summed E-state index contributed by atoms with van der Waals surface area (Å²) in [6, 6.07) is 13.2. The number of fused-ring (bicyclic) bond motifs is 2. The van der Waals surface area contributed by atoms with Crippen LogP contribution in [-0.2, 0) is 4.79 Å². The molecule has 2 fully saturated rings. The van der Waals surface area contributed by atoms with Crippen molar-refractivity contribution < 1.29 is 9.53 Å². The number of nitrogens with zero attached hydrogens (tertiary/aromatic N) is 3. The van der Waals surface area contributed by atoms with Crippen LogP contribution in [0.5, 0.6) is 5.75 Å². The van der Waals surface area contributed by atoms with Gasteiger partial charge in [0.25, 0.3) is 0 Å². The Kier molecular flexibility index (Phi) is 4.34. The zero-order valence-corrected chi connectivity index (χ0v) is 15.3. The highest BCUT2D eigenvalue weighted by molar-refractivity contribution is 5.92. The smallest absolute Gasteiger partial charge is 0.244 e. The molecular formula is C20H21N5O2. The summed E-state index contributed by atoms with van der Waals surface area (Å²) >= 11 is 0. The van der Waals surface area contributed by atoms with Gasteiger partial charge in [-0.15, -0.1) is 0 Å². The Hall–Kier alpha value is -3.08. The molecule has 7 heteroatoms. The van der Waals surface area contributed by atoms with Crippen molar-refractivity contribution in [3.63, 3.8) is 0 Å². The number of methoxy groups -OCH3 is 1. The number of carbonyl (C=O) groups excluding carboxylic acids is 1. The van der Waals surface area contributed by atoms with Crippen LogP contribution >= 0.6 is 0 Å². The van der Waals surface area contributed by atoms with Crippen molar-refractivity contribution in [2.75, 3.05) is 7.11 Å². The normalized spacial score (nSPS) is 33.3. The molecule has 1 aromatic carbocycles. The first kappa shape index (κ1) is 18.7. The van der Waals surface area contributed by atoms with Gasteiger partial charge in [0.05, 0.1) is 31.0 Å². The van der Waals surface area contributed by atoms with Crippen LogP contribution < -0.4 is 15.8 Å². The fraction of sp³-hybridized carbons (Fsp3) is 0.500. The minimum absolute atomic E-state index is 0.0478. The van der Waals surface area contributed by atoms with Crippen molar-refractivity contribution in [3.8, 4) is 24.0 Å². The molecule has 7 nitrogen and oxygen atoms in total. The Morgan fingerprint density at radius 1 is 1.22 bits per heavy atom. The summed E-state index contributed by atoms with van der Waals surface area (Å²) in [6.45, 7) is 1.98. The first-order valence-corrected chi connectivity index (χ1v) is 8.87. The third-order valence-electron chi connectivity index (χ3n) is 6.11. The highest BCUT2D eigenvalue weighted by Gasteiger charge is 2.76. The Morgan fingerprint density at radius 2 is 1.85 bits per heavy atom. The number of benzene rings is 1. The van der Waals surface area contributed by atoms with Gasteiger partial charge < -0.3 is 15.8 Å². The van der Waals surface area contributed by atoms with Crippen LogP contribution in [0.2, 0.25) is 0 Å². The van der Waals surface area contributed by atoms with Gasteiger partial charge in [0.15, 0.2) is 10.8 Å². The molecule has 1 heterocycles. The van der Waals surface area contributed by atoms with Gasteiger partial charge >= 0.3 is 0 Å². The predicted molar refractivity (Wildman–Crippen MR) is 95.5 cm³/mol. The van der Waals surface area contributed by atoms with Gasteiger partial charge in [0.2, 0.25) is 5.91 Å².